The van der Waals surface area contributed by atoms with Gasteiger partial charge in [0, 0.05) is 25.0 Å². The minimum atomic E-state index is -0.189. The van der Waals surface area contributed by atoms with E-state index in [0.717, 1.165) is 30.0 Å². The number of hydrogen-bond acceptors (Lipinski definition) is 3. The SMILES string of the molecule is CSCCN(C)c1ccc(F)cc1CCN. The molecule has 0 aliphatic rings. The lowest BCUT2D eigenvalue weighted by atomic mass is 10.1. The fourth-order valence-corrected chi connectivity index (χ4v) is 2.09. The van der Waals surface area contributed by atoms with E-state index in [0.29, 0.717) is 6.54 Å². The quantitative estimate of drug-likeness (QED) is 0.828. The molecule has 1 rings (SSSR count). The largest absolute Gasteiger partial charge is 0.374 e. The highest BCUT2D eigenvalue weighted by Crippen LogP contribution is 2.21. The van der Waals surface area contributed by atoms with E-state index in [9.17, 15) is 4.39 Å². The molecule has 2 N–H and O–H groups in total. The van der Waals surface area contributed by atoms with Gasteiger partial charge in [-0.25, -0.2) is 4.39 Å². The van der Waals surface area contributed by atoms with Gasteiger partial charge in [-0.2, -0.15) is 11.8 Å². The van der Waals surface area contributed by atoms with E-state index in [1.54, 1.807) is 17.8 Å². The van der Waals surface area contributed by atoms with Crippen molar-refractivity contribution in [2.24, 2.45) is 5.73 Å². The highest BCUT2D eigenvalue weighted by molar-refractivity contribution is 7.98. The Bertz CT molecular complexity index is 331. The minimum Gasteiger partial charge on any atom is -0.374 e. The Labute approximate surface area is 101 Å². The lowest BCUT2D eigenvalue weighted by molar-refractivity contribution is 0.625. The van der Waals surface area contributed by atoms with Gasteiger partial charge < -0.3 is 10.6 Å². The Morgan fingerprint density at radius 1 is 1.44 bits per heavy atom. The number of anilines is 1. The lowest BCUT2D eigenvalue weighted by Gasteiger charge is -2.22. The van der Waals surface area contributed by atoms with E-state index < -0.39 is 0 Å². The van der Waals surface area contributed by atoms with Crippen LogP contribution in [0.2, 0.25) is 0 Å². The lowest BCUT2D eigenvalue weighted by Crippen LogP contribution is -2.22. The van der Waals surface area contributed by atoms with Gasteiger partial charge in [0.05, 0.1) is 0 Å². The summed E-state index contributed by atoms with van der Waals surface area (Å²) in [6.07, 6.45) is 2.80. The van der Waals surface area contributed by atoms with Crippen molar-refractivity contribution in [3.05, 3.63) is 29.6 Å². The summed E-state index contributed by atoms with van der Waals surface area (Å²) in [6, 6.07) is 4.92. The molecule has 2 nitrogen and oxygen atoms in total. The van der Waals surface area contributed by atoms with Crippen LogP contribution in [-0.4, -0.2) is 32.1 Å². The van der Waals surface area contributed by atoms with Crippen molar-refractivity contribution in [1.82, 2.24) is 0 Å². The molecule has 0 spiro atoms. The summed E-state index contributed by atoms with van der Waals surface area (Å²) in [6.45, 7) is 1.51. The van der Waals surface area contributed by atoms with Gasteiger partial charge in [-0.15, -0.1) is 0 Å². The van der Waals surface area contributed by atoms with Crippen LogP contribution in [0.4, 0.5) is 10.1 Å². The van der Waals surface area contributed by atoms with Gasteiger partial charge in [0.25, 0.3) is 0 Å². The van der Waals surface area contributed by atoms with Crippen molar-refractivity contribution in [3.63, 3.8) is 0 Å². The highest BCUT2D eigenvalue weighted by Gasteiger charge is 2.07. The zero-order chi connectivity index (χ0) is 12.0. The summed E-state index contributed by atoms with van der Waals surface area (Å²) in [7, 11) is 2.03. The first-order valence-electron chi connectivity index (χ1n) is 5.37. The van der Waals surface area contributed by atoms with Gasteiger partial charge in [0.1, 0.15) is 5.82 Å². The van der Waals surface area contributed by atoms with Crippen LogP contribution in [0.1, 0.15) is 5.56 Å². The molecule has 0 aliphatic carbocycles. The van der Waals surface area contributed by atoms with Crippen molar-refractivity contribution >= 4 is 17.4 Å². The maximum Gasteiger partial charge on any atom is 0.123 e. The predicted octanol–water partition coefficient (Wildman–Crippen LogP) is 2.13. The van der Waals surface area contributed by atoms with Gasteiger partial charge in [0.15, 0.2) is 0 Å². The topological polar surface area (TPSA) is 29.3 Å². The third-order valence-corrected chi connectivity index (χ3v) is 3.09. The van der Waals surface area contributed by atoms with Crippen LogP contribution in [0.15, 0.2) is 18.2 Å². The predicted molar refractivity (Wildman–Crippen MR) is 70.8 cm³/mol. The van der Waals surface area contributed by atoms with Crippen LogP contribution in [0, 0.1) is 5.82 Å². The molecule has 0 bridgehead atoms. The molecular formula is C12H19FN2S. The summed E-state index contributed by atoms with van der Waals surface area (Å²) in [5.41, 5.74) is 7.61. The Morgan fingerprint density at radius 2 is 2.19 bits per heavy atom. The van der Waals surface area contributed by atoms with Crippen molar-refractivity contribution < 1.29 is 4.39 Å². The van der Waals surface area contributed by atoms with Gasteiger partial charge >= 0.3 is 0 Å². The molecule has 0 aromatic heterocycles. The number of nitrogens with zero attached hydrogens (tertiary/aromatic N) is 1. The van der Waals surface area contributed by atoms with Crippen molar-refractivity contribution in [1.29, 1.82) is 0 Å². The molecule has 0 atom stereocenters. The summed E-state index contributed by atoms with van der Waals surface area (Å²) < 4.78 is 13.1. The van der Waals surface area contributed by atoms with Gasteiger partial charge in [-0.3, -0.25) is 0 Å². The van der Waals surface area contributed by atoms with Crippen LogP contribution in [0.25, 0.3) is 0 Å². The molecule has 0 saturated carbocycles. The molecule has 0 unspecified atom stereocenters. The molecule has 90 valence electrons. The Hall–Kier alpha value is -0.740. The van der Waals surface area contributed by atoms with E-state index in [2.05, 4.69) is 11.2 Å². The minimum absolute atomic E-state index is 0.189. The van der Waals surface area contributed by atoms with Crippen molar-refractivity contribution in [2.45, 2.75) is 6.42 Å². The smallest absolute Gasteiger partial charge is 0.123 e. The molecule has 1 aromatic carbocycles. The maximum absolute atomic E-state index is 13.1. The Kier molecular flexibility index (Phi) is 5.63. The zero-order valence-corrected chi connectivity index (χ0v) is 10.7. The number of hydrogen-bond donors (Lipinski definition) is 1. The fraction of sp³-hybridized carbons (Fsp3) is 0.500. The van der Waals surface area contributed by atoms with Gasteiger partial charge in [-0.05, 0) is 43.0 Å². The van der Waals surface area contributed by atoms with Gasteiger partial charge in [-0.1, -0.05) is 0 Å². The van der Waals surface area contributed by atoms with Crippen LogP contribution in [0.5, 0.6) is 0 Å². The number of nitrogens with two attached hydrogens (primary N) is 1. The third-order valence-electron chi connectivity index (χ3n) is 2.50. The molecule has 1 aromatic rings. The summed E-state index contributed by atoms with van der Waals surface area (Å²) >= 11 is 1.81. The van der Waals surface area contributed by atoms with Crippen LogP contribution < -0.4 is 10.6 Å². The fourth-order valence-electron chi connectivity index (χ4n) is 1.63. The zero-order valence-electron chi connectivity index (χ0n) is 9.87. The van der Waals surface area contributed by atoms with E-state index in [1.807, 2.05) is 13.1 Å². The van der Waals surface area contributed by atoms with E-state index >= 15 is 0 Å². The first kappa shape index (κ1) is 13.3. The first-order chi connectivity index (χ1) is 7.69. The number of halogens is 1. The standard InChI is InChI=1S/C12H19FN2S/c1-15(7-8-16-2)12-4-3-11(13)9-10(12)5-6-14/h3-4,9H,5-8,14H2,1-2H3. The summed E-state index contributed by atoms with van der Waals surface area (Å²) in [5.74, 6) is 0.876. The van der Waals surface area contributed by atoms with Crippen LogP contribution in [0.3, 0.4) is 0 Å². The van der Waals surface area contributed by atoms with E-state index in [4.69, 9.17) is 5.73 Å². The first-order valence-corrected chi connectivity index (χ1v) is 6.77. The van der Waals surface area contributed by atoms with Crippen LogP contribution >= 0.6 is 11.8 Å². The molecule has 0 heterocycles. The van der Waals surface area contributed by atoms with E-state index in [1.165, 1.54) is 6.07 Å². The molecule has 16 heavy (non-hydrogen) atoms. The second kappa shape index (κ2) is 6.76. The second-order valence-electron chi connectivity index (χ2n) is 3.73. The number of benzene rings is 1. The molecule has 0 amide bonds. The summed E-state index contributed by atoms with van der Waals surface area (Å²) in [5, 5.41) is 0. The van der Waals surface area contributed by atoms with Crippen LogP contribution in [-0.2, 0) is 6.42 Å². The highest BCUT2D eigenvalue weighted by atomic mass is 32.2. The normalized spacial score (nSPS) is 10.5. The van der Waals surface area contributed by atoms with Gasteiger partial charge in [0.2, 0.25) is 0 Å². The van der Waals surface area contributed by atoms with E-state index in [-0.39, 0.29) is 5.82 Å². The molecule has 0 aliphatic heterocycles. The Morgan fingerprint density at radius 3 is 2.81 bits per heavy atom. The molecule has 0 fully saturated rings. The molecular weight excluding hydrogens is 223 g/mol. The number of rotatable bonds is 6. The third kappa shape index (κ3) is 3.68. The maximum atomic E-state index is 13.1. The average molecular weight is 242 g/mol. The molecule has 0 radical (unpaired) electrons. The molecule has 4 heteroatoms. The average Bonchev–Trinajstić information content (AvgIpc) is 2.26. The number of thioether (sulfide) groups is 1. The van der Waals surface area contributed by atoms with Crippen molar-refractivity contribution in [3.8, 4) is 0 Å². The monoisotopic (exact) mass is 242 g/mol. The Balaban J connectivity index is 2.84. The molecule has 0 saturated heterocycles. The van der Waals surface area contributed by atoms with Crippen molar-refractivity contribution in [2.75, 3.05) is 37.0 Å². The summed E-state index contributed by atoms with van der Waals surface area (Å²) in [4.78, 5) is 2.15. The second-order valence-corrected chi connectivity index (χ2v) is 4.71.